The van der Waals surface area contributed by atoms with Crippen LogP contribution in [0.1, 0.15) is 44.1 Å². The van der Waals surface area contributed by atoms with Gasteiger partial charge in [-0.15, -0.1) is 0 Å². The zero-order chi connectivity index (χ0) is 25.0. The molecule has 0 atom stereocenters. The van der Waals surface area contributed by atoms with Gasteiger partial charge >= 0.3 is 6.09 Å². The van der Waals surface area contributed by atoms with Crippen molar-refractivity contribution in [3.63, 3.8) is 0 Å². The predicted molar refractivity (Wildman–Crippen MR) is 134 cm³/mol. The molecule has 0 bridgehead atoms. The fourth-order valence-electron chi connectivity index (χ4n) is 3.62. The van der Waals surface area contributed by atoms with Crippen LogP contribution in [0.3, 0.4) is 0 Å². The van der Waals surface area contributed by atoms with E-state index in [1.54, 1.807) is 17.0 Å². The van der Waals surface area contributed by atoms with Crippen molar-refractivity contribution in [3.05, 3.63) is 40.0 Å². The summed E-state index contributed by atoms with van der Waals surface area (Å²) in [5.74, 6) is 0.332. The Hall–Kier alpha value is -2.83. The number of aromatic nitrogens is 1. The molecule has 1 fully saturated rings. The number of allylic oxidation sites excluding steroid dienone is 1. The quantitative estimate of drug-likeness (QED) is 0.324. The number of hydrogen-bond acceptors (Lipinski definition) is 6. The van der Waals surface area contributed by atoms with Crippen LogP contribution in [0.4, 0.5) is 4.79 Å². The minimum Gasteiger partial charge on any atom is -0.489 e. The minimum atomic E-state index is -0.516. The number of amides is 1. The molecule has 8 nitrogen and oxygen atoms in total. The smallest absolute Gasteiger partial charge is 0.410 e. The second-order valence-corrected chi connectivity index (χ2v) is 10.5. The highest BCUT2D eigenvalue weighted by molar-refractivity contribution is 9.10. The van der Waals surface area contributed by atoms with Gasteiger partial charge in [-0.2, -0.15) is 5.26 Å². The van der Waals surface area contributed by atoms with Gasteiger partial charge in [-0.25, -0.2) is 4.79 Å². The molecule has 182 valence electrons. The van der Waals surface area contributed by atoms with Gasteiger partial charge in [0.1, 0.15) is 23.5 Å². The molecule has 3 rings (SSSR count). The summed E-state index contributed by atoms with van der Waals surface area (Å²) in [5, 5.41) is 10.2. The van der Waals surface area contributed by atoms with E-state index in [1.807, 2.05) is 58.0 Å². The van der Waals surface area contributed by atoms with Crippen LogP contribution in [0.2, 0.25) is 0 Å². The number of carbonyl (C=O) groups is 2. The van der Waals surface area contributed by atoms with Crippen LogP contribution in [0.15, 0.2) is 34.3 Å². The molecule has 9 heteroatoms. The van der Waals surface area contributed by atoms with Gasteiger partial charge in [-0.3, -0.25) is 4.79 Å². The van der Waals surface area contributed by atoms with Crippen LogP contribution in [0, 0.1) is 11.3 Å². The van der Waals surface area contributed by atoms with Gasteiger partial charge in [0.25, 0.3) is 0 Å². The van der Waals surface area contributed by atoms with Crippen LogP contribution in [0.5, 0.6) is 5.75 Å². The van der Waals surface area contributed by atoms with Crippen molar-refractivity contribution in [1.82, 2.24) is 14.8 Å². The summed E-state index contributed by atoms with van der Waals surface area (Å²) >= 11 is 3.56. The topological polar surface area (TPSA) is 98.7 Å². The van der Waals surface area contributed by atoms with E-state index in [0.717, 1.165) is 15.4 Å². The number of rotatable bonds is 6. The lowest BCUT2D eigenvalue weighted by Crippen LogP contribution is -2.44. The number of nitrogens with zero attached hydrogens (tertiary/aromatic N) is 3. The zero-order valence-corrected chi connectivity index (χ0v) is 21.9. The van der Waals surface area contributed by atoms with E-state index in [4.69, 9.17) is 9.47 Å². The molecule has 2 aromatic rings. The first-order chi connectivity index (χ1) is 16.0. The summed E-state index contributed by atoms with van der Waals surface area (Å²) in [4.78, 5) is 31.8. The average molecular weight is 531 g/mol. The molecule has 2 heterocycles. The van der Waals surface area contributed by atoms with E-state index < -0.39 is 5.60 Å². The number of ether oxygens (including phenoxy) is 2. The summed E-state index contributed by atoms with van der Waals surface area (Å²) in [6.45, 7) is 7.21. The lowest BCUT2D eigenvalue weighted by Gasteiger charge is -2.33. The van der Waals surface area contributed by atoms with E-state index in [2.05, 4.69) is 20.9 Å². The van der Waals surface area contributed by atoms with E-state index >= 15 is 0 Å². The minimum absolute atomic E-state index is 0.0355. The Morgan fingerprint density at radius 1 is 1.26 bits per heavy atom. The Labute approximate surface area is 208 Å². The molecule has 34 heavy (non-hydrogen) atoms. The first-order valence-corrected chi connectivity index (χ1v) is 12.0. The number of nitrogens with one attached hydrogen (secondary N) is 1. The van der Waals surface area contributed by atoms with Crippen molar-refractivity contribution in [2.24, 2.45) is 0 Å². The molecule has 0 radical (unpaired) electrons. The number of hydrogen-bond donors (Lipinski definition) is 1. The van der Waals surface area contributed by atoms with Gasteiger partial charge in [-0.1, -0.05) is 0 Å². The van der Waals surface area contributed by atoms with E-state index in [9.17, 15) is 14.9 Å². The highest BCUT2D eigenvalue weighted by Gasteiger charge is 2.28. The molecule has 1 aliphatic rings. The maximum Gasteiger partial charge on any atom is 0.410 e. The first-order valence-electron chi connectivity index (χ1n) is 11.2. The summed E-state index contributed by atoms with van der Waals surface area (Å²) in [6, 6.07) is 7.48. The van der Waals surface area contributed by atoms with Gasteiger partial charge in [0.2, 0.25) is 5.78 Å². The molecule has 1 saturated heterocycles. The Balaban J connectivity index is 1.69. The van der Waals surface area contributed by atoms with E-state index in [1.165, 1.54) is 0 Å². The molecule has 0 unspecified atom stereocenters. The van der Waals surface area contributed by atoms with Crippen molar-refractivity contribution in [2.45, 2.75) is 45.3 Å². The van der Waals surface area contributed by atoms with Crippen LogP contribution in [-0.2, 0) is 4.74 Å². The lowest BCUT2D eigenvalue weighted by molar-refractivity contribution is 0.0126. The number of H-pyrrole nitrogens is 1. The first kappa shape index (κ1) is 25.8. The Morgan fingerprint density at radius 3 is 2.53 bits per heavy atom. The van der Waals surface area contributed by atoms with Crippen molar-refractivity contribution < 1.29 is 19.1 Å². The number of carbonyl (C=O) groups excluding carboxylic acids is 2. The maximum atomic E-state index is 12.8. The summed E-state index contributed by atoms with van der Waals surface area (Å²) in [6.07, 6.45) is 2.69. The molecule has 0 aliphatic carbocycles. The normalized spacial score (nSPS) is 15.5. The summed E-state index contributed by atoms with van der Waals surface area (Å²) < 4.78 is 12.4. The maximum absolute atomic E-state index is 12.8. The highest BCUT2D eigenvalue weighted by Crippen LogP contribution is 2.33. The van der Waals surface area contributed by atoms with Gasteiger partial charge in [-0.05, 0) is 75.1 Å². The highest BCUT2D eigenvalue weighted by atomic mass is 79.9. The Bertz CT molecular complexity index is 1130. The van der Waals surface area contributed by atoms with Crippen molar-refractivity contribution in [1.29, 1.82) is 5.26 Å². The number of aromatic amines is 1. The lowest BCUT2D eigenvalue weighted by atomic mass is 10.1. The van der Waals surface area contributed by atoms with Crippen LogP contribution >= 0.6 is 15.9 Å². The van der Waals surface area contributed by atoms with E-state index in [0.29, 0.717) is 43.9 Å². The molecular weight excluding hydrogens is 500 g/mol. The van der Waals surface area contributed by atoms with Crippen LogP contribution < -0.4 is 4.74 Å². The monoisotopic (exact) mass is 530 g/mol. The fourth-order valence-corrected chi connectivity index (χ4v) is 4.05. The van der Waals surface area contributed by atoms with Gasteiger partial charge in [0.15, 0.2) is 0 Å². The average Bonchev–Trinajstić information content (AvgIpc) is 3.16. The number of likely N-dealkylation sites (tertiary alicyclic amines) is 1. The molecular formula is C25H31BrN4O4. The Kier molecular flexibility index (Phi) is 8.05. The number of piperidine rings is 1. The van der Waals surface area contributed by atoms with Crippen LogP contribution in [0.25, 0.3) is 10.9 Å². The molecule has 1 aromatic carbocycles. The number of ketones is 1. The van der Waals surface area contributed by atoms with Gasteiger partial charge in [0, 0.05) is 43.4 Å². The SMILES string of the molecule is CN(C)CC=C(C#N)C(=O)c1cc2cc(OC3CCN(C(=O)OC(C)(C)C)CC3)c(Br)cc2[nH]1. The van der Waals surface area contributed by atoms with E-state index in [-0.39, 0.29) is 23.6 Å². The van der Waals surface area contributed by atoms with Crippen molar-refractivity contribution in [2.75, 3.05) is 33.7 Å². The van der Waals surface area contributed by atoms with Crippen molar-refractivity contribution >= 4 is 38.7 Å². The summed E-state index contributed by atoms with van der Waals surface area (Å²) in [7, 11) is 3.75. The summed E-state index contributed by atoms with van der Waals surface area (Å²) in [5.41, 5.74) is 0.716. The number of nitriles is 1. The number of Topliss-reactive ketones (excluding diaryl/α,β-unsaturated/α-hetero) is 1. The molecule has 0 saturated carbocycles. The third kappa shape index (κ3) is 6.61. The molecule has 1 amide bonds. The number of benzene rings is 1. The van der Waals surface area contributed by atoms with Crippen LogP contribution in [-0.4, -0.2) is 72.1 Å². The number of likely N-dealkylation sites (N-methyl/N-ethyl adjacent to an activating group) is 1. The van der Waals surface area contributed by atoms with Gasteiger partial charge < -0.3 is 24.3 Å². The Morgan fingerprint density at radius 2 is 1.94 bits per heavy atom. The number of fused-ring (bicyclic) bond motifs is 1. The third-order valence-corrected chi connectivity index (χ3v) is 5.95. The molecule has 1 aromatic heterocycles. The predicted octanol–water partition coefficient (Wildman–Crippen LogP) is 4.90. The third-order valence-electron chi connectivity index (χ3n) is 5.33. The number of halogens is 1. The fraction of sp³-hybridized carbons (Fsp3) is 0.480. The molecule has 1 N–H and O–H groups in total. The zero-order valence-electron chi connectivity index (χ0n) is 20.3. The van der Waals surface area contributed by atoms with Crippen molar-refractivity contribution in [3.8, 4) is 11.8 Å². The molecule has 1 aliphatic heterocycles. The van der Waals surface area contributed by atoms with Gasteiger partial charge in [0.05, 0.1) is 15.7 Å². The second-order valence-electron chi connectivity index (χ2n) is 9.66. The largest absolute Gasteiger partial charge is 0.489 e. The second kappa shape index (κ2) is 10.6. The molecule has 0 spiro atoms. The standard InChI is InChI=1S/C25H31BrN4O4/c1-25(2,3)34-24(32)30-10-7-18(8-11-30)33-22-13-17-12-21(28-20(17)14-19(22)26)23(31)16(15-27)6-9-29(4)5/h6,12-14,18,28H,7-11H2,1-5H3.